The molecule has 0 spiro atoms. The van der Waals surface area contributed by atoms with Gasteiger partial charge in [0.25, 0.3) is 0 Å². The minimum Gasteiger partial charge on any atom is -0.459 e. The Hall–Kier alpha value is -3.35. The van der Waals surface area contributed by atoms with Crippen LogP contribution in [-0.2, 0) is 14.3 Å². The van der Waals surface area contributed by atoms with Gasteiger partial charge in [0.2, 0.25) is 5.91 Å². The van der Waals surface area contributed by atoms with Gasteiger partial charge in [-0.1, -0.05) is 24.3 Å². The number of aryl methyl sites for hydroxylation is 2. The molecule has 0 atom stereocenters. The number of carbonyl (C=O) groups is 3. The van der Waals surface area contributed by atoms with Crippen molar-refractivity contribution in [2.45, 2.75) is 40.2 Å². The Kier molecular flexibility index (Phi) is 7.58. The lowest BCUT2D eigenvalue weighted by atomic mass is 10.2. The first kappa shape index (κ1) is 22.9. The fraction of sp³-hybridized carbons (Fsp3) is 0.348. The van der Waals surface area contributed by atoms with E-state index in [2.05, 4.69) is 10.6 Å². The Morgan fingerprint density at radius 1 is 0.967 bits per heavy atom. The van der Waals surface area contributed by atoms with Crippen molar-refractivity contribution >= 4 is 29.3 Å². The van der Waals surface area contributed by atoms with Gasteiger partial charge in [-0.05, 0) is 70.0 Å². The summed E-state index contributed by atoms with van der Waals surface area (Å²) in [4.78, 5) is 38.7. The summed E-state index contributed by atoms with van der Waals surface area (Å²) >= 11 is 0. The summed E-state index contributed by atoms with van der Waals surface area (Å²) in [5.74, 6) is -0.951. The molecule has 30 heavy (non-hydrogen) atoms. The first-order valence-corrected chi connectivity index (χ1v) is 9.74. The number of carbonyl (C=O) groups excluding carboxylic acids is 3. The third-order valence-electron chi connectivity index (χ3n) is 4.00. The Morgan fingerprint density at radius 3 is 2.20 bits per heavy atom. The number of anilines is 2. The van der Waals surface area contributed by atoms with Gasteiger partial charge in [0.05, 0.1) is 6.54 Å². The van der Waals surface area contributed by atoms with Crippen molar-refractivity contribution in [1.82, 2.24) is 5.32 Å². The Morgan fingerprint density at radius 2 is 1.60 bits per heavy atom. The number of nitrogens with one attached hydrogen (secondary N) is 2. The van der Waals surface area contributed by atoms with Crippen molar-refractivity contribution < 1.29 is 19.1 Å². The van der Waals surface area contributed by atoms with Crippen molar-refractivity contribution in [2.75, 3.05) is 23.3 Å². The smallest absolute Gasteiger partial charge is 0.326 e. The molecule has 0 unspecified atom stereocenters. The zero-order valence-electron chi connectivity index (χ0n) is 18.1. The first-order valence-electron chi connectivity index (χ1n) is 9.74. The molecular weight excluding hydrogens is 382 g/mol. The SMILES string of the molecule is Cc1cccc(NC(=O)NCC(=O)N(CC(=O)OC(C)(C)C)c2cccc(C)c2)c1. The van der Waals surface area contributed by atoms with Gasteiger partial charge in [0.1, 0.15) is 12.1 Å². The highest BCUT2D eigenvalue weighted by atomic mass is 16.6. The quantitative estimate of drug-likeness (QED) is 0.708. The largest absolute Gasteiger partial charge is 0.459 e. The molecular formula is C23H29N3O4. The molecule has 0 aliphatic carbocycles. The summed E-state index contributed by atoms with van der Waals surface area (Å²) in [6.45, 7) is 8.59. The van der Waals surface area contributed by atoms with Crippen LogP contribution in [0.1, 0.15) is 31.9 Å². The lowest BCUT2D eigenvalue weighted by Crippen LogP contribution is -2.45. The summed E-state index contributed by atoms with van der Waals surface area (Å²) in [6.07, 6.45) is 0. The van der Waals surface area contributed by atoms with Crippen molar-refractivity contribution in [3.63, 3.8) is 0 Å². The molecule has 0 aliphatic heterocycles. The van der Waals surface area contributed by atoms with Gasteiger partial charge in [0.15, 0.2) is 0 Å². The van der Waals surface area contributed by atoms with Gasteiger partial charge in [-0.25, -0.2) is 4.79 Å². The van der Waals surface area contributed by atoms with Crippen LogP contribution in [0.3, 0.4) is 0 Å². The van der Waals surface area contributed by atoms with Crippen LogP contribution < -0.4 is 15.5 Å². The number of benzene rings is 2. The molecule has 2 rings (SSSR count). The second-order valence-electron chi connectivity index (χ2n) is 8.08. The van der Waals surface area contributed by atoms with E-state index in [-0.39, 0.29) is 13.1 Å². The number of esters is 1. The van der Waals surface area contributed by atoms with E-state index in [0.29, 0.717) is 11.4 Å². The number of rotatable bonds is 6. The highest BCUT2D eigenvalue weighted by Gasteiger charge is 2.24. The summed E-state index contributed by atoms with van der Waals surface area (Å²) in [7, 11) is 0. The minimum absolute atomic E-state index is 0.249. The topological polar surface area (TPSA) is 87.7 Å². The lowest BCUT2D eigenvalue weighted by molar-refractivity contribution is -0.153. The van der Waals surface area contributed by atoms with E-state index in [1.54, 1.807) is 45.0 Å². The van der Waals surface area contributed by atoms with Crippen LogP contribution in [0.15, 0.2) is 48.5 Å². The van der Waals surface area contributed by atoms with Crippen molar-refractivity contribution in [1.29, 1.82) is 0 Å². The normalized spacial score (nSPS) is 10.8. The van der Waals surface area contributed by atoms with Crippen LogP contribution in [-0.4, -0.2) is 36.6 Å². The van der Waals surface area contributed by atoms with E-state index >= 15 is 0 Å². The summed E-state index contributed by atoms with van der Waals surface area (Å²) < 4.78 is 5.35. The minimum atomic E-state index is -0.662. The molecule has 0 radical (unpaired) electrons. The molecule has 2 aromatic carbocycles. The van der Waals surface area contributed by atoms with Crippen LogP contribution in [0.4, 0.5) is 16.2 Å². The number of hydrogen-bond donors (Lipinski definition) is 2. The highest BCUT2D eigenvalue weighted by molar-refractivity contribution is 6.01. The fourth-order valence-corrected chi connectivity index (χ4v) is 2.77. The molecule has 0 heterocycles. The first-order chi connectivity index (χ1) is 14.0. The highest BCUT2D eigenvalue weighted by Crippen LogP contribution is 2.17. The van der Waals surface area contributed by atoms with Crippen LogP contribution in [0, 0.1) is 13.8 Å². The molecule has 0 saturated heterocycles. The molecule has 3 amide bonds. The average Bonchev–Trinajstić information content (AvgIpc) is 2.63. The summed E-state index contributed by atoms with van der Waals surface area (Å²) in [5.41, 5.74) is 2.48. The van der Waals surface area contributed by atoms with Gasteiger partial charge in [-0.2, -0.15) is 0 Å². The Bertz CT molecular complexity index is 919. The molecule has 0 aromatic heterocycles. The number of amides is 3. The number of urea groups is 1. The van der Waals surface area contributed by atoms with E-state index in [1.165, 1.54) is 4.90 Å². The van der Waals surface area contributed by atoms with Gasteiger partial charge in [-0.15, -0.1) is 0 Å². The standard InChI is InChI=1S/C23H29N3O4/c1-16-8-6-10-18(12-16)25-22(29)24-14-20(27)26(15-21(28)30-23(3,4)5)19-11-7-9-17(2)13-19/h6-13H,14-15H2,1-5H3,(H2,24,25,29). The van der Waals surface area contributed by atoms with Gasteiger partial charge < -0.3 is 15.4 Å². The van der Waals surface area contributed by atoms with Crippen LogP contribution in [0.2, 0.25) is 0 Å². The Balaban J connectivity index is 2.06. The van der Waals surface area contributed by atoms with Crippen LogP contribution in [0.5, 0.6) is 0 Å². The van der Waals surface area contributed by atoms with Crippen molar-refractivity contribution in [3.05, 3.63) is 59.7 Å². The average molecular weight is 412 g/mol. The maximum Gasteiger partial charge on any atom is 0.326 e. The van der Waals surface area contributed by atoms with E-state index in [0.717, 1.165) is 11.1 Å². The maximum absolute atomic E-state index is 12.8. The van der Waals surface area contributed by atoms with E-state index < -0.39 is 23.5 Å². The lowest BCUT2D eigenvalue weighted by Gasteiger charge is -2.25. The second-order valence-corrected chi connectivity index (χ2v) is 8.08. The van der Waals surface area contributed by atoms with Gasteiger partial charge >= 0.3 is 12.0 Å². The third-order valence-corrected chi connectivity index (χ3v) is 4.00. The maximum atomic E-state index is 12.8. The zero-order valence-corrected chi connectivity index (χ0v) is 18.1. The van der Waals surface area contributed by atoms with E-state index in [9.17, 15) is 14.4 Å². The molecule has 7 heteroatoms. The molecule has 2 aromatic rings. The van der Waals surface area contributed by atoms with Crippen LogP contribution >= 0.6 is 0 Å². The molecule has 7 nitrogen and oxygen atoms in total. The van der Waals surface area contributed by atoms with Crippen LogP contribution in [0.25, 0.3) is 0 Å². The molecule has 0 fully saturated rings. The Labute approximate surface area is 177 Å². The fourth-order valence-electron chi connectivity index (χ4n) is 2.77. The summed E-state index contributed by atoms with van der Waals surface area (Å²) in [6, 6.07) is 14.1. The molecule has 0 bridgehead atoms. The van der Waals surface area contributed by atoms with Gasteiger partial charge in [0, 0.05) is 11.4 Å². The van der Waals surface area contributed by atoms with Crippen molar-refractivity contribution in [3.8, 4) is 0 Å². The third kappa shape index (κ3) is 7.58. The number of ether oxygens (including phenoxy) is 1. The predicted octanol–water partition coefficient (Wildman–Crippen LogP) is 3.80. The molecule has 0 saturated carbocycles. The summed E-state index contributed by atoms with van der Waals surface area (Å²) in [5, 5.41) is 5.23. The molecule has 2 N–H and O–H groups in total. The zero-order chi connectivity index (χ0) is 22.3. The van der Waals surface area contributed by atoms with Crippen molar-refractivity contribution in [2.24, 2.45) is 0 Å². The molecule has 0 aliphatic rings. The monoisotopic (exact) mass is 411 g/mol. The van der Waals surface area contributed by atoms with E-state index in [4.69, 9.17) is 4.74 Å². The number of hydrogen-bond acceptors (Lipinski definition) is 4. The van der Waals surface area contributed by atoms with Gasteiger partial charge in [-0.3, -0.25) is 14.5 Å². The molecule has 160 valence electrons. The predicted molar refractivity (Wildman–Crippen MR) is 118 cm³/mol. The number of nitrogens with zero attached hydrogens (tertiary/aromatic N) is 1. The van der Waals surface area contributed by atoms with E-state index in [1.807, 2.05) is 38.1 Å². The second kappa shape index (κ2) is 9.91.